The van der Waals surface area contributed by atoms with Crippen LogP contribution >= 0.6 is 0 Å². The lowest BCUT2D eigenvalue weighted by molar-refractivity contribution is 0.309. The van der Waals surface area contributed by atoms with Crippen LogP contribution in [0.4, 0.5) is 0 Å². The number of nitrogens with one attached hydrogen (secondary N) is 1. The van der Waals surface area contributed by atoms with Gasteiger partial charge in [-0.3, -0.25) is 0 Å². The van der Waals surface area contributed by atoms with Crippen molar-refractivity contribution in [2.45, 2.75) is 33.4 Å². The summed E-state index contributed by atoms with van der Waals surface area (Å²) in [6.07, 6.45) is 0. The van der Waals surface area contributed by atoms with Gasteiger partial charge in [0, 0.05) is 14.2 Å². The lowest BCUT2D eigenvalue weighted by Crippen LogP contribution is -2.31. The summed E-state index contributed by atoms with van der Waals surface area (Å²) >= 11 is 0. The van der Waals surface area contributed by atoms with Crippen LogP contribution in [-0.2, 0) is 8.85 Å². The van der Waals surface area contributed by atoms with E-state index in [0.717, 1.165) is 12.5 Å². The molecule has 0 aliphatic heterocycles. The Morgan fingerprint density at radius 2 is 1.79 bits per heavy atom. The molecule has 0 rings (SSSR count). The largest absolute Gasteiger partial charge is 0.402 e. The molecule has 0 saturated heterocycles. The average molecular weight is 237 g/mol. The molecule has 1 N–H and O–H groups in total. The molecule has 0 aliphatic rings. The van der Waals surface area contributed by atoms with Gasteiger partial charge in [-0.15, -0.1) is 0 Å². The van der Waals surface area contributed by atoms with Crippen molar-refractivity contribution < 1.29 is 8.85 Å². The third kappa shape index (κ3) is 18.2. The predicted octanol–water partition coefficient (Wildman–Crippen LogP) is 0.883. The van der Waals surface area contributed by atoms with Crippen molar-refractivity contribution in [3.05, 3.63) is 0 Å². The number of hydrogen-bond acceptors (Lipinski definition) is 3. The van der Waals surface area contributed by atoms with Gasteiger partial charge in [0.25, 0.3) is 0 Å². The van der Waals surface area contributed by atoms with Gasteiger partial charge in [0.05, 0.1) is 0 Å². The van der Waals surface area contributed by atoms with Gasteiger partial charge in [-0.05, 0) is 18.5 Å². The molecule has 3 nitrogen and oxygen atoms in total. The molecule has 0 aromatic carbocycles. The minimum absolute atomic E-state index is 0.510. The molecule has 0 spiro atoms. The molecule has 0 bridgehead atoms. The van der Waals surface area contributed by atoms with Crippen LogP contribution in [-0.4, -0.2) is 39.7 Å². The van der Waals surface area contributed by atoms with Crippen LogP contribution < -0.4 is 4.98 Å². The van der Waals surface area contributed by atoms with E-state index in [1.54, 1.807) is 14.2 Å². The molecule has 0 aromatic heterocycles. The SMILES string of the molecule is CCN[SiH](C)CC(C)C.CO[SiH2]OC. The Kier molecular flexibility index (Phi) is 15.9. The maximum absolute atomic E-state index is 4.61. The molecule has 14 heavy (non-hydrogen) atoms. The van der Waals surface area contributed by atoms with Crippen molar-refractivity contribution in [3.63, 3.8) is 0 Å². The summed E-state index contributed by atoms with van der Waals surface area (Å²) in [6, 6.07) is 1.42. The molecular weight excluding hydrogens is 210 g/mol. The predicted molar refractivity (Wildman–Crippen MR) is 68.9 cm³/mol. The molecular formula is C9H27NO2Si2. The molecule has 1 unspecified atom stereocenters. The second-order valence-corrected chi connectivity index (χ2v) is 7.86. The topological polar surface area (TPSA) is 30.5 Å². The lowest BCUT2D eigenvalue weighted by Gasteiger charge is -2.11. The summed E-state index contributed by atoms with van der Waals surface area (Å²) < 4.78 is 9.22. The maximum Gasteiger partial charge on any atom is 0.303 e. The Labute approximate surface area is 93.3 Å². The molecule has 88 valence electrons. The Morgan fingerprint density at radius 1 is 1.29 bits per heavy atom. The summed E-state index contributed by atoms with van der Waals surface area (Å²) in [5.74, 6) is 0.880. The summed E-state index contributed by atoms with van der Waals surface area (Å²) in [4.78, 5) is 3.52. The first-order valence-corrected chi connectivity index (χ1v) is 8.99. The van der Waals surface area contributed by atoms with Gasteiger partial charge in [-0.25, -0.2) is 0 Å². The lowest BCUT2D eigenvalue weighted by atomic mass is 10.3. The van der Waals surface area contributed by atoms with Crippen LogP contribution in [0.15, 0.2) is 0 Å². The van der Waals surface area contributed by atoms with Gasteiger partial charge in [0.15, 0.2) is 0 Å². The first-order chi connectivity index (χ1) is 6.58. The fourth-order valence-corrected chi connectivity index (χ4v) is 3.77. The fourth-order valence-electron chi connectivity index (χ4n) is 1.26. The summed E-state index contributed by atoms with van der Waals surface area (Å²) in [5.41, 5.74) is 0. The Hall–Kier alpha value is 0.314. The minimum Gasteiger partial charge on any atom is -0.402 e. The molecule has 0 saturated carbocycles. The Bertz CT molecular complexity index is 103. The van der Waals surface area contributed by atoms with E-state index < -0.39 is 19.0 Å². The molecule has 0 fully saturated rings. The second kappa shape index (κ2) is 13.3. The van der Waals surface area contributed by atoms with Gasteiger partial charge in [0.2, 0.25) is 0 Å². The zero-order chi connectivity index (χ0) is 11.4. The van der Waals surface area contributed by atoms with Crippen LogP contribution in [0.5, 0.6) is 0 Å². The van der Waals surface area contributed by atoms with Crippen LogP contribution in [0.3, 0.4) is 0 Å². The van der Waals surface area contributed by atoms with E-state index in [0.29, 0.717) is 0 Å². The van der Waals surface area contributed by atoms with E-state index in [2.05, 4.69) is 41.2 Å². The standard InChI is InChI=1S/C7H19NSi.C2H8O2Si/c1-5-8-9(4)6-7(2)3;1-3-5-4-2/h7-9H,5-6H2,1-4H3;5H2,1-2H3. The van der Waals surface area contributed by atoms with Crippen LogP contribution in [0.25, 0.3) is 0 Å². The highest BCUT2D eigenvalue weighted by Crippen LogP contribution is 2.02. The number of rotatable bonds is 6. The molecule has 0 aromatic rings. The second-order valence-electron chi connectivity index (χ2n) is 3.78. The first-order valence-electron chi connectivity index (χ1n) is 5.29. The molecule has 5 heteroatoms. The quantitative estimate of drug-likeness (QED) is 0.696. The van der Waals surface area contributed by atoms with E-state index in [1.165, 1.54) is 6.04 Å². The molecule has 0 radical (unpaired) electrons. The van der Waals surface area contributed by atoms with Crippen LogP contribution in [0.1, 0.15) is 20.8 Å². The van der Waals surface area contributed by atoms with Crippen molar-refractivity contribution in [3.8, 4) is 0 Å². The van der Waals surface area contributed by atoms with Crippen LogP contribution in [0, 0.1) is 5.92 Å². The van der Waals surface area contributed by atoms with Gasteiger partial charge >= 0.3 is 10.0 Å². The molecule has 1 atom stereocenters. The highest BCUT2D eigenvalue weighted by Gasteiger charge is 2.03. The van der Waals surface area contributed by atoms with Crippen molar-refractivity contribution in [1.29, 1.82) is 0 Å². The molecule has 0 amide bonds. The first kappa shape index (κ1) is 16.7. The fraction of sp³-hybridized carbons (Fsp3) is 1.00. The Balaban J connectivity index is 0. The highest BCUT2D eigenvalue weighted by molar-refractivity contribution is 6.54. The van der Waals surface area contributed by atoms with Gasteiger partial charge in [-0.1, -0.05) is 27.3 Å². The number of hydrogen-bond donors (Lipinski definition) is 1. The normalized spacial score (nSPS) is 12.2. The van der Waals surface area contributed by atoms with E-state index in [4.69, 9.17) is 0 Å². The summed E-state index contributed by atoms with van der Waals surface area (Å²) in [7, 11) is 2.22. The van der Waals surface area contributed by atoms with E-state index in [9.17, 15) is 0 Å². The zero-order valence-electron chi connectivity index (χ0n) is 10.6. The Morgan fingerprint density at radius 3 is 2.00 bits per heavy atom. The third-order valence-electron chi connectivity index (χ3n) is 1.61. The monoisotopic (exact) mass is 237 g/mol. The van der Waals surface area contributed by atoms with Crippen molar-refractivity contribution in [2.24, 2.45) is 5.92 Å². The van der Waals surface area contributed by atoms with Crippen LogP contribution in [0.2, 0.25) is 12.6 Å². The zero-order valence-corrected chi connectivity index (χ0v) is 13.2. The highest BCUT2D eigenvalue weighted by atomic mass is 28.3. The van der Waals surface area contributed by atoms with Crippen molar-refractivity contribution in [1.82, 2.24) is 4.98 Å². The molecule has 0 aliphatic carbocycles. The smallest absolute Gasteiger partial charge is 0.303 e. The maximum atomic E-state index is 4.61. The van der Waals surface area contributed by atoms with Gasteiger partial charge < -0.3 is 13.8 Å². The van der Waals surface area contributed by atoms with Crippen molar-refractivity contribution in [2.75, 3.05) is 20.8 Å². The van der Waals surface area contributed by atoms with Gasteiger partial charge in [-0.2, -0.15) is 0 Å². The molecule has 0 heterocycles. The minimum atomic E-state index is -0.568. The van der Waals surface area contributed by atoms with E-state index >= 15 is 0 Å². The summed E-state index contributed by atoms with van der Waals surface area (Å²) in [6.45, 7) is 10.3. The summed E-state index contributed by atoms with van der Waals surface area (Å²) in [5, 5.41) is 0. The van der Waals surface area contributed by atoms with Crippen molar-refractivity contribution >= 4 is 19.0 Å². The third-order valence-corrected chi connectivity index (χ3v) is 4.84. The van der Waals surface area contributed by atoms with E-state index in [-0.39, 0.29) is 0 Å². The van der Waals surface area contributed by atoms with Gasteiger partial charge in [0.1, 0.15) is 8.96 Å². The van der Waals surface area contributed by atoms with E-state index in [1.807, 2.05) is 0 Å². The average Bonchev–Trinajstić information content (AvgIpc) is 2.05.